The van der Waals surface area contributed by atoms with Crippen molar-refractivity contribution in [3.8, 4) is 0 Å². The van der Waals surface area contributed by atoms with Crippen molar-refractivity contribution in [3.05, 3.63) is 11.4 Å². The van der Waals surface area contributed by atoms with E-state index >= 15 is 0 Å². The second kappa shape index (κ2) is 2.94. The number of fused-ring (bicyclic) bond motifs is 1. The summed E-state index contributed by atoms with van der Waals surface area (Å²) in [4.78, 5) is 15.1. The molecule has 12 heavy (non-hydrogen) atoms. The summed E-state index contributed by atoms with van der Waals surface area (Å²) in [5.74, 6) is 1.05. The van der Waals surface area contributed by atoms with Crippen LogP contribution < -0.4 is 0 Å². The van der Waals surface area contributed by atoms with Gasteiger partial charge in [0.2, 0.25) is 0 Å². The van der Waals surface area contributed by atoms with E-state index in [-0.39, 0.29) is 0 Å². The first-order valence-electron chi connectivity index (χ1n) is 4.04. The van der Waals surface area contributed by atoms with E-state index in [1.54, 1.807) is 11.8 Å². The lowest BCUT2D eigenvalue weighted by Gasteiger charge is -1.96. The van der Waals surface area contributed by atoms with Gasteiger partial charge in [0.25, 0.3) is 0 Å². The van der Waals surface area contributed by atoms with Crippen LogP contribution in [0.25, 0.3) is 0 Å². The molecule has 64 valence electrons. The van der Waals surface area contributed by atoms with Crippen LogP contribution >= 0.6 is 11.8 Å². The molecule has 0 unspecified atom stereocenters. The Morgan fingerprint density at radius 1 is 1.75 bits per heavy atom. The smallest absolute Gasteiger partial charge is 0.168 e. The highest BCUT2D eigenvalue weighted by atomic mass is 32.2. The molecule has 0 fully saturated rings. The Hall–Kier alpha value is -0.770. The second-order valence-corrected chi connectivity index (χ2v) is 3.76. The van der Waals surface area contributed by atoms with Crippen molar-refractivity contribution in [1.82, 2.24) is 9.55 Å². The van der Waals surface area contributed by atoms with Gasteiger partial charge in [-0.1, -0.05) is 18.7 Å². The van der Waals surface area contributed by atoms with Gasteiger partial charge in [-0.2, -0.15) is 0 Å². The molecule has 3 nitrogen and oxygen atoms in total. The fourth-order valence-electron chi connectivity index (χ4n) is 1.44. The highest BCUT2D eigenvalue weighted by molar-refractivity contribution is 7.99. The summed E-state index contributed by atoms with van der Waals surface area (Å²) in [5, 5.41) is 1.01. The minimum absolute atomic E-state index is 0.775. The van der Waals surface area contributed by atoms with E-state index in [1.807, 2.05) is 11.5 Å². The van der Waals surface area contributed by atoms with Crippen LogP contribution in [0.3, 0.4) is 0 Å². The molecule has 2 heterocycles. The lowest BCUT2D eigenvalue weighted by molar-refractivity contribution is 0.111. The molecular formula is C8H10N2OS. The molecule has 1 aliphatic rings. The van der Waals surface area contributed by atoms with Crippen LogP contribution in [0.4, 0.5) is 0 Å². The number of nitrogens with zero attached hydrogens (tertiary/aromatic N) is 2. The highest BCUT2D eigenvalue weighted by Gasteiger charge is 2.19. The summed E-state index contributed by atoms with van der Waals surface area (Å²) in [6.07, 6.45) is 1.76. The van der Waals surface area contributed by atoms with E-state index in [4.69, 9.17) is 0 Å². The molecule has 0 atom stereocenters. The highest BCUT2D eigenvalue weighted by Crippen LogP contribution is 2.27. The average molecular weight is 182 g/mol. The maximum absolute atomic E-state index is 10.7. The van der Waals surface area contributed by atoms with Crippen molar-refractivity contribution in [2.45, 2.75) is 25.0 Å². The quantitative estimate of drug-likeness (QED) is 0.648. The average Bonchev–Trinajstić information content (AvgIpc) is 2.61. The molecule has 0 N–H and O–H groups in total. The van der Waals surface area contributed by atoms with E-state index in [0.717, 1.165) is 41.5 Å². The summed E-state index contributed by atoms with van der Waals surface area (Å²) in [6.45, 7) is 2.96. The standard InChI is InChI=1S/C8H10N2OS/c1-2-6-7(5-11)10-3-4-12-8(10)9-6/h5H,2-4H2,1H3. The number of aldehydes is 1. The minimum atomic E-state index is 0.775. The maximum Gasteiger partial charge on any atom is 0.168 e. The van der Waals surface area contributed by atoms with Crippen molar-refractivity contribution >= 4 is 18.0 Å². The molecule has 1 aromatic heterocycles. The van der Waals surface area contributed by atoms with Gasteiger partial charge in [-0.05, 0) is 6.42 Å². The third kappa shape index (κ3) is 0.982. The number of carbonyl (C=O) groups is 1. The van der Waals surface area contributed by atoms with Crippen molar-refractivity contribution < 1.29 is 4.79 Å². The Bertz CT molecular complexity index is 319. The van der Waals surface area contributed by atoms with E-state index in [0.29, 0.717) is 0 Å². The van der Waals surface area contributed by atoms with E-state index in [1.165, 1.54) is 0 Å². The van der Waals surface area contributed by atoms with Gasteiger partial charge in [0.15, 0.2) is 11.4 Å². The molecule has 0 bridgehead atoms. The number of carbonyl (C=O) groups excluding carboxylic acids is 1. The van der Waals surface area contributed by atoms with Crippen LogP contribution in [-0.2, 0) is 13.0 Å². The molecule has 0 amide bonds. The van der Waals surface area contributed by atoms with E-state index in [2.05, 4.69) is 4.98 Å². The molecular weight excluding hydrogens is 172 g/mol. The monoisotopic (exact) mass is 182 g/mol. The van der Waals surface area contributed by atoms with Crippen LogP contribution in [0.2, 0.25) is 0 Å². The summed E-state index contributed by atoms with van der Waals surface area (Å²) in [7, 11) is 0. The molecule has 0 aliphatic carbocycles. The van der Waals surface area contributed by atoms with Crippen LogP contribution in [-0.4, -0.2) is 21.6 Å². The zero-order chi connectivity index (χ0) is 8.55. The van der Waals surface area contributed by atoms with Crippen LogP contribution in [0, 0.1) is 0 Å². The third-order valence-corrected chi connectivity index (χ3v) is 3.00. The topological polar surface area (TPSA) is 34.9 Å². The fraction of sp³-hybridized carbons (Fsp3) is 0.500. The first-order valence-corrected chi connectivity index (χ1v) is 5.02. The Kier molecular flexibility index (Phi) is 1.92. The minimum Gasteiger partial charge on any atom is -0.316 e. The number of hydrogen-bond acceptors (Lipinski definition) is 3. The number of aromatic nitrogens is 2. The van der Waals surface area contributed by atoms with Gasteiger partial charge in [-0.15, -0.1) is 0 Å². The number of aryl methyl sites for hydroxylation is 1. The Labute approximate surface area is 75.2 Å². The molecule has 4 heteroatoms. The van der Waals surface area contributed by atoms with Crippen molar-refractivity contribution in [2.24, 2.45) is 0 Å². The molecule has 2 rings (SSSR count). The normalized spacial score (nSPS) is 14.8. The Morgan fingerprint density at radius 3 is 3.25 bits per heavy atom. The molecule has 0 aromatic carbocycles. The summed E-state index contributed by atoms with van der Waals surface area (Å²) >= 11 is 1.73. The lowest BCUT2D eigenvalue weighted by Crippen LogP contribution is -2.00. The zero-order valence-corrected chi connectivity index (χ0v) is 7.73. The van der Waals surface area contributed by atoms with Gasteiger partial charge in [0.1, 0.15) is 5.69 Å². The number of thioether (sulfide) groups is 1. The summed E-state index contributed by atoms with van der Waals surface area (Å²) in [6, 6.07) is 0. The van der Waals surface area contributed by atoms with Crippen LogP contribution in [0.15, 0.2) is 5.16 Å². The van der Waals surface area contributed by atoms with Gasteiger partial charge in [0.05, 0.1) is 5.69 Å². The van der Waals surface area contributed by atoms with Crippen molar-refractivity contribution in [3.63, 3.8) is 0 Å². The van der Waals surface area contributed by atoms with Gasteiger partial charge < -0.3 is 4.57 Å². The van der Waals surface area contributed by atoms with Gasteiger partial charge in [-0.25, -0.2) is 4.98 Å². The van der Waals surface area contributed by atoms with Gasteiger partial charge in [0, 0.05) is 12.3 Å². The molecule has 0 saturated heterocycles. The third-order valence-electron chi connectivity index (χ3n) is 2.04. The molecule has 0 saturated carbocycles. The Balaban J connectivity index is 2.53. The Morgan fingerprint density at radius 2 is 2.58 bits per heavy atom. The molecule has 0 radical (unpaired) electrons. The summed E-state index contributed by atoms with van der Waals surface area (Å²) < 4.78 is 2.01. The van der Waals surface area contributed by atoms with E-state index in [9.17, 15) is 4.79 Å². The first kappa shape index (κ1) is 7.86. The first-order chi connectivity index (χ1) is 5.86. The summed E-state index contributed by atoms with van der Waals surface area (Å²) in [5.41, 5.74) is 1.71. The zero-order valence-electron chi connectivity index (χ0n) is 6.91. The molecule has 1 aliphatic heterocycles. The van der Waals surface area contributed by atoms with Crippen molar-refractivity contribution in [1.29, 1.82) is 0 Å². The number of imidazole rings is 1. The number of rotatable bonds is 2. The predicted molar refractivity (Wildman–Crippen MR) is 47.7 cm³/mol. The van der Waals surface area contributed by atoms with Gasteiger partial charge in [-0.3, -0.25) is 4.79 Å². The van der Waals surface area contributed by atoms with Crippen LogP contribution in [0.1, 0.15) is 23.1 Å². The molecule has 0 spiro atoms. The largest absolute Gasteiger partial charge is 0.316 e. The SMILES string of the molecule is CCc1nc2n(c1C=O)CCS2. The lowest BCUT2D eigenvalue weighted by atomic mass is 10.3. The van der Waals surface area contributed by atoms with Crippen LogP contribution in [0.5, 0.6) is 0 Å². The van der Waals surface area contributed by atoms with Gasteiger partial charge >= 0.3 is 0 Å². The molecule has 1 aromatic rings. The van der Waals surface area contributed by atoms with Crippen molar-refractivity contribution in [2.75, 3.05) is 5.75 Å². The number of hydrogen-bond donors (Lipinski definition) is 0. The predicted octanol–water partition coefficient (Wildman–Crippen LogP) is 1.36. The van der Waals surface area contributed by atoms with E-state index < -0.39 is 0 Å². The fourth-order valence-corrected chi connectivity index (χ4v) is 2.41. The second-order valence-electron chi connectivity index (χ2n) is 2.70. The maximum atomic E-state index is 10.7.